The van der Waals surface area contributed by atoms with Crippen LogP contribution in [0.4, 0.5) is 14.6 Å². The number of amides is 2. The Morgan fingerprint density at radius 1 is 1.18 bits per heavy atom. The maximum Gasteiger partial charge on any atom is 0.350 e. The van der Waals surface area contributed by atoms with Crippen LogP contribution in [0.1, 0.15) is 0 Å². The Labute approximate surface area is 225 Å². The lowest BCUT2D eigenvalue weighted by Gasteiger charge is -2.57. The highest BCUT2D eigenvalue weighted by Crippen LogP contribution is 2.46. The van der Waals surface area contributed by atoms with Crippen LogP contribution in [0, 0.1) is 11.6 Å². The normalized spacial score (nSPS) is 20.7. The molecule has 2 saturated heterocycles. The van der Waals surface area contributed by atoms with Crippen LogP contribution in [0.3, 0.4) is 0 Å². The average Bonchev–Trinajstić information content (AvgIpc) is 2.90. The SMILES string of the molecule is C=CC(=O)N1CCN(c2nc(=O)n3c4c(c(-c5ccc(F)cc5F)c(Cl)cc24)SCC3)CC12CN(C)C2=O. The van der Waals surface area contributed by atoms with E-state index in [0.717, 1.165) is 6.07 Å². The number of hydrogen-bond donors (Lipinski definition) is 0. The van der Waals surface area contributed by atoms with Crippen molar-refractivity contribution < 1.29 is 18.4 Å². The first-order chi connectivity index (χ1) is 18.2. The summed E-state index contributed by atoms with van der Waals surface area (Å²) in [6.07, 6.45) is 1.20. The molecule has 8 nitrogen and oxygen atoms in total. The van der Waals surface area contributed by atoms with E-state index < -0.39 is 22.9 Å². The molecule has 0 bridgehead atoms. The zero-order valence-corrected chi connectivity index (χ0v) is 21.9. The number of anilines is 1. The van der Waals surface area contributed by atoms with Gasteiger partial charge in [-0.15, -0.1) is 11.8 Å². The summed E-state index contributed by atoms with van der Waals surface area (Å²) in [5.41, 5.74) is -0.469. The molecule has 3 aliphatic heterocycles. The smallest absolute Gasteiger partial charge is 0.350 e. The molecule has 1 unspecified atom stereocenters. The van der Waals surface area contributed by atoms with E-state index in [1.54, 1.807) is 22.6 Å². The number of aryl methyl sites for hydroxylation is 1. The molecule has 1 aromatic heterocycles. The number of thioether (sulfide) groups is 1. The second-order valence-electron chi connectivity index (χ2n) is 9.61. The van der Waals surface area contributed by atoms with Crippen molar-refractivity contribution in [2.45, 2.75) is 17.0 Å². The Morgan fingerprint density at radius 2 is 1.97 bits per heavy atom. The predicted octanol–water partition coefficient (Wildman–Crippen LogP) is 3.15. The van der Waals surface area contributed by atoms with E-state index in [4.69, 9.17) is 11.6 Å². The zero-order valence-electron chi connectivity index (χ0n) is 20.3. The summed E-state index contributed by atoms with van der Waals surface area (Å²) < 4.78 is 30.0. The Hall–Kier alpha value is -3.44. The number of rotatable bonds is 3. The van der Waals surface area contributed by atoms with Crippen molar-refractivity contribution in [1.29, 1.82) is 0 Å². The van der Waals surface area contributed by atoms with E-state index in [1.165, 1.54) is 34.9 Å². The van der Waals surface area contributed by atoms with Gasteiger partial charge >= 0.3 is 5.69 Å². The van der Waals surface area contributed by atoms with Gasteiger partial charge in [0.05, 0.1) is 23.6 Å². The molecule has 2 aromatic carbocycles. The van der Waals surface area contributed by atoms with E-state index in [0.29, 0.717) is 52.6 Å². The maximum atomic E-state index is 14.9. The lowest BCUT2D eigenvalue weighted by Crippen LogP contribution is -2.80. The van der Waals surface area contributed by atoms with Gasteiger partial charge in [-0.3, -0.25) is 14.2 Å². The molecule has 0 aliphatic carbocycles. The number of carbonyl (C=O) groups is 2. The molecule has 2 amide bonds. The number of likely N-dealkylation sites (tertiary alicyclic amines) is 1. The standard InChI is InChI=1S/C26H22ClF2N5O3S/c1-3-19(35)34-7-6-32(13-26(34)12-31(2)24(26)36)23-16-11-17(27)20(15-5-4-14(28)10-18(15)29)22-21(16)33(8-9-38-22)25(37)30-23/h3-5,10-11H,1,6-9,12-13H2,2H3. The fourth-order valence-corrected chi connectivity index (χ4v) is 7.33. The summed E-state index contributed by atoms with van der Waals surface area (Å²) in [5, 5.41) is 0.817. The third kappa shape index (κ3) is 3.48. The highest BCUT2D eigenvalue weighted by molar-refractivity contribution is 7.99. The summed E-state index contributed by atoms with van der Waals surface area (Å²) >= 11 is 8.19. The van der Waals surface area contributed by atoms with Crippen molar-refractivity contribution in [3.8, 4) is 11.1 Å². The second-order valence-corrected chi connectivity index (χ2v) is 11.1. The van der Waals surface area contributed by atoms with Crippen molar-refractivity contribution >= 4 is 51.9 Å². The largest absolute Gasteiger partial charge is 0.351 e. The minimum atomic E-state index is -1.09. The predicted molar refractivity (Wildman–Crippen MR) is 142 cm³/mol. The fourth-order valence-electron chi connectivity index (χ4n) is 5.77. The fraction of sp³-hybridized carbons (Fsp3) is 0.308. The molecule has 38 heavy (non-hydrogen) atoms. The van der Waals surface area contributed by atoms with Crippen LogP contribution in [0.5, 0.6) is 0 Å². The maximum absolute atomic E-state index is 14.9. The number of carbonyl (C=O) groups excluding carboxylic acids is 2. The molecule has 1 spiro atoms. The summed E-state index contributed by atoms with van der Waals surface area (Å²) in [4.78, 5) is 48.8. The first-order valence-electron chi connectivity index (χ1n) is 12.0. The molecule has 2 fully saturated rings. The van der Waals surface area contributed by atoms with Gasteiger partial charge in [-0.1, -0.05) is 18.2 Å². The third-order valence-electron chi connectivity index (χ3n) is 7.46. The molecule has 3 aliphatic rings. The van der Waals surface area contributed by atoms with Gasteiger partial charge in [0.15, 0.2) is 5.54 Å². The number of piperazine rings is 1. The Bertz CT molecular complexity index is 1630. The number of hydrogen-bond acceptors (Lipinski definition) is 6. The lowest BCUT2D eigenvalue weighted by atomic mass is 9.84. The number of likely N-dealkylation sites (N-methyl/N-ethyl adjacent to an activating group) is 1. The van der Waals surface area contributed by atoms with Crippen molar-refractivity contribution in [3.63, 3.8) is 0 Å². The molecule has 4 heterocycles. The summed E-state index contributed by atoms with van der Waals surface area (Å²) in [5.74, 6) is -1.08. The summed E-state index contributed by atoms with van der Waals surface area (Å²) in [6, 6.07) is 4.95. The van der Waals surface area contributed by atoms with Gasteiger partial charge in [-0.05, 0) is 24.3 Å². The second kappa shape index (κ2) is 8.81. The van der Waals surface area contributed by atoms with Crippen LogP contribution < -0.4 is 10.6 Å². The monoisotopic (exact) mass is 557 g/mol. The zero-order chi connectivity index (χ0) is 26.9. The topological polar surface area (TPSA) is 78.8 Å². The van der Waals surface area contributed by atoms with Crippen molar-refractivity contribution in [3.05, 3.63) is 64.1 Å². The van der Waals surface area contributed by atoms with E-state index in [2.05, 4.69) is 11.6 Å². The van der Waals surface area contributed by atoms with Crippen LogP contribution in [0.2, 0.25) is 5.02 Å². The molecule has 1 atom stereocenters. The Kier molecular flexibility index (Phi) is 5.76. The highest BCUT2D eigenvalue weighted by atomic mass is 35.5. The first kappa shape index (κ1) is 24.9. The van der Waals surface area contributed by atoms with E-state index in [9.17, 15) is 23.2 Å². The van der Waals surface area contributed by atoms with Gasteiger partial charge in [0, 0.05) is 59.9 Å². The third-order valence-corrected chi connectivity index (χ3v) is 8.83. The number of benzene rings is 2. The molecule has 0 radical (unpaired) electrons. The summed E-state index contributed by atoms with van der Waals surface area (Å²) in [6.45, 7) is 5.04. The molecule has 0 saturated carbocycles. The number of β-lactam (4-membered cyclic amide) rings is 1. The molecule has 3 aromatic rings. The lowest BCUT2D eigenvalue weighted by molar-refractivity contribution is -0.168. The molecular formula is C26H22ClF2N5O3S. The molecular weight excluding hydrogens is 536 g/mol. The van der Waals surface area contributed by atoms with Gasteiger partial charge in [0.1, 0.15) is 17.5 Å². The van der Waals surface area contributed by atoms with Gasteiger partial charge in [0.2, 0.25) is 5.91 Å². The van der Waals surface area contributed by atoms with Crippen LogP contribution in [-0.4, -0.2) is 75.7 Å². The Morgan fingerprint density at radius 3 is 2.66 bits per heavy atom. The number of nitrogens with zero attached hydrogens (tertiary/aromatic N) is 5. The van der Waals surface area contributed by atoms with E-state index in [1.807, 2.05) is 4.90 Å². The minimum Gasteiger partial charge on any atom is -0.351 e. The minimum absolute atomic E-state index is 0.138. The van der Waals surface area contributed by atoms with Crippen LogP contribution in [0.25, 0.3) is 22.0 Å². The summed E-state index contributed by atoms with van der Waals surface area (Å²) in [7, 11) is 1.67. The molecule has 0 N–H and O–H groups in total. The van der Waals surface area contributed by atoms with Gasteiger partial charge < -0.3 is 14.7 Å². The van der Waals surface area contributed by atoms with Gasteiger partial charge in [-0.2, -0.15) is 4.98 Å². The van der Waals surface area contributed by atoms with E-state index in [-0.39, 0.29) is 35.5 Å². The van der Waals surface area contributed by atoms with Crippen molar-refractivity contribution in [2.24, 2.45) is 0 Å². The van der Waals surface area contributed by atoms with Crippen molar-refractivity contribution in [2.75, 3.05) is 43.9 Å². The quantitative estimate of drug-likeness (QED) is 0.364. The van der Waals surface area contributed by atoms with Crippen LogP contribution >= 0.6 is 23.4 Å². The molecule has 6 rings (SSSR count). The Balaban J connectivity index is 1.54. The number of halogens is 3. The first-order valence-corrected chi connectivity index (χ1v) is 13.3. The van der Waals surface area contributed by atoms with Crippen LogP contribution in [0.15, 0.2) is 46.6 Å². The molecule has 196 valence electrons. The van der Waals surface area contributed by atoms with Gasteiger partial charge in [0.25, 0.3) is 5.91 Å². The average molecular weight is 558 g/mol. The van der Waals surface area contributed by atoms with Gasteiger partial charge in [-0.25, -0.2) is 13.6 Å². The van der Waals surface area contributed by atoms with E-state index >= 15 is 0 Å². The molecule has 12 heteroatoms. The highest BCUT2D eigenvalue weighted by Gasteiger charge is 2.58. The van der Waals surface area contributed by atoms with Crippen molar-refractivity contribution in [1.82, 2.24) is 19.4 Å². The number of aromatic nitrogens is 2. The van der Waals surface area contributed by atoms with Crippen LogP contribution in [-0.2, 0) is 16.1 Å².